The van der Waals surface area contributed by atoms with Gasteiger partial charge in [0.2, 0.25) is 0 Å². The summed E-state index contributed by atoms with van der Waals surface area (Å²) in [6.45, 7) is 8.19. The molecule has 1 aliphatic carbocycles. The van der Waals surface area contributed by atoms with Gasteiger partial charge >= 0.3 is 0 Å². The van der Waals surface area contributed by atoms with E-state index in [4.69, 9.17) is 0 Å². The molecule has 0 amide bonds. The maximum absolute atomic E-state index is 3.88. The number of hydrogen-bond donors (Lipinski definition) is 1. The molecule has 0 saturated carbocycles. The van der Waals surface area contributed by atoms with Crippen LogP contribution in [-0.4, -0.2) is 13.1 Å². The Balaban J connectivity index is 1.92. The molecule has 0 aliphatic heterocycles. The molecule has 74 valence electrons. The van der Waals surface area contributed by atoms with Gasteiger partial charge in [0.15, 0.2) is 0 Å². The van der Waals surface area contributed by atoms with E-state index in [1.165, 1.54) is 31.3 Å². The van der Waals surface area contributed by atoms with Crippen molar-refractivity contribution in [2.24, 2.45) is 0 Å². The lowest BCUT2D eigenvalue weighted by Crippen LogP contribution is -2.17. The fourth-order valence-electron chi connectivity index (χ4n) is 1.64. The molecule has 1 heteroatoms. The van der Waals surface area contributed by atoms with Crippen molar-refractivity contribution in [2.45, 2.75) is 39.0 Å². The summed E-state index contributed by atoms with van der Waals surface area (Å²) in [6.07, 6.45) is 8.78. The Morgan fingerprint density at radius 2 is 2.38 bits per heavy atom. The van der Waals surface area contributed by atoms with Gasteiger partial charge in [-0.15, -0.1) is 6.58 Å². The molecule has 0 aromatic heterocycles. The third-order valence-corrected chi connectivity index (χ3v) is 2.49. The predicted molar refractivity (Wildman–Crippen MR) is 58.9 cm³/mol. The molecule has 1 N–H and O–H groups in total. The van der Waals surface area contributed by atoms with Crippen LogP contribution in [0.3, 0.4) is 0 Å². The van der Waals surface area contributed by atoms with Crippen molar-refractivity contribution in [3.05, 3.63) is 23.8 Å². The van der Waals surface area contributed by atoms with Crippen molar-refractivity contribution in [3.63, 3.8) is 0 Å². The second-order valence-electron chi connectivity index (χ2n) is 3.96. The van der Waals surface area contributed by atoms with Gasteiger partial charge in [0.05, 0.1) is 0 Å². The van der Waals surface area contributed by atoms with Gasteiger partial charge in [-0.1, -0.05) is 17.2 Å². The van der Waals surface area contributed by atoms with Crippen LogP contribution in [0.1, 0.15) is 39.0 Å². The molecule has 0 radical (unpaired) electrons. The van der Waals surface area contributed by atoms with E-state index in [2.05, 4.69) is 24.9 Å². The summed E-state index contributed by atoms with van der Waals surface area (Å²) < 4.78 is 0. The van der Waals surface area contributed by atoms with Crippen molar-refractivity contribution in [3.8, 4) is 0 Å². The van der Waals surface area contributed by atoms with E-state index < -0.39 is 0 Å². The average molecular weight is 179 g/mol. The van der Waals surface area contributed by atoms with Gasteiger partial charge in [-0.2, -0.15) is 0 Å². The lowest BCUT2D eigenvalue weighted by molar-refractivity contribution is 0.670. The summed E-state index contributed by atoms with van der Waals surface area (Å²) in [7, 11) is 0. The van der Waals surface area contributed by atoms with Crippen molar-refractivity contribution >= 4 is 0 Å². The zero-order valence-electron chi connectivity index (χ0n) is 8.73. The molecule has 1 nitrogen and oxygen atoms in total. The highest BCUT2D eigenvalue weighted by Gasteiger charge is 2.02. The first-order chi connectivity index (χ1) is 6.29. The molecule has 1 aliphatic rings. The smallest absolute Gasteiger partial charge is 0.00115 e. The van der Waals surface area contributed by atoms with Gasteiger partial charge in [-0.05, 0) is 52.1 Å². The van der Waals surface area contributed by atoms with Crippen LogP contribution in [0.25, 0.3) is 0 Å². The predicted octanol–water partition coefficient (Wildman–Crippen LogP) is 3.04. The Hall–Kier alpha value is -0.560. The molecule has 1 rings (SSSR count). The second-order valence-corrected chi connectivity index (χ2v) is 3.96. The van der Waals surface area contributed by atoms with Crippen LogP contribution in [0.4, 0.5) is 0 Å². The molecular formula is C12H21N. The van der Waals surface area contributed by atoms with Crippen LogP contribution >= 0.6 is 0 Å². The summed E-state index contributed by atoms with van der Waals surface area (Å²) in [5.74, 6) is 0. The third kappa shape index (κ3) is 4.89. The first kappa shape index (κ1) is 10.5. The minimum absolute atomic E-state index is 1.09. The molecule has 0 heterocycles. The fraction of sp³-hybridized carbons (Fsp3) is 0.667. The van der Waals surface area contributed by atoms with E-state index in [9.17, 15) is 0 Å². The van der Waals surface area contributed by atoms with E-state index in [0.29, 0.717) is 0 Å². The van der Waals surface area contributed by atoms with Gasteiger partial charge in [0.1, 0.15) is 0 Å². The minimum atomic E-state index is 1.09. The maximum atomic E-state index is 3.88. The van der Waals surface area contributed by atoms with Crippen molar-refractivity contribution in [2.75, 3.05) is 13.1 Å². The van der Waals surface area contributed by atoms with Gasteiger partial charge < -0.3 is 5.32 Å². The van der Waals surface area contributed by atoms with Crippen molar-refractivity contribution in [1.82, 2.24) is 5.32 Å². The van der Waals surface area contributed by atoms with Crippen molar-refractivity contribution < 1.29 is 0 Å². The molecule has 0 fully saturated rings. The molecule has 0 atom stereocenters. The Morgan fingerprint density at radius 3 is 3.00 bits per heavy atom. The van der Waals surface area contributed by atoms with E-state index in [0.717, 1.165) is 19.5 Å². The highest BCUT2D eigenvalue weighted by atomic mass is 14.8. The van der Waals surface area contributed by atoms with Crippen LogP contribution in [0.15, 0.2) is 23.8 Å². The van der Waals surface area contributed by atoms with Crippen LogP contribution in [0.2, 0.25) is 0 Å². The molecule has 0 spiro atoms. The largest absolute Gasteiger partial charge is 0.316 e. The maximum Gasteiger partial charge on any atom is -0.00115 e. The van der Waals surface area contributed by atoms with Crippen LogP contribution in [0.5, 0.6) is 0 Å². The molecule has 13 heavy (non-hydrogen) atoms. The number of nitrogens with one attached hydrogen (secondary N) is 1. The second kappa shape index (κ2) is 5.98. The standard InChI is InChI=1S/C12H21N/c1-11(2)7-9-13-10-8-12-5-3-4-6-12/h5,13H,1,3-4,6-10H2,2H3. The molecule has 0 saturated heterocycles. The van der Waals surface area contributed by atoms with E-state index in [1.54, 1.807) is 5.57 Å². The van der Waals surface area contributed by atoms with E-state index >= 15 is 0 Å². The summed E-state index contributed by atoms with van der Waals surface area (Å²) in [6, 6.07) is 0. The fourth-order valence-corrected chi connectivity index (χ4v) is 1.64. The Bertz CT molecular complexity index is 191. The van der Waals surface area contributed by atoms with Crippen LogP contribution in [-0.2, 0) is 0 Å². The Labute approximate surface area is 81.9 Å². The summed E-state index contributed by atoms with van der Waals surface area (Å²) >= 11 is 0. The Kier molecular flexibility index (Phi) is 4.84. The normalized spacial score (nSPS) is 15.9. The first-order valence-electron chi connectivity index (χ1n) is 5.32. The average Bonchev–Trinajstić information content (AvgIpc) is 2.55. The van der Waals surface area contributed by atoms with Gasteiger partial charge in [0.25, 0.3) is 0 Å². The third-order valence-electron chi connectivity index (χ3n) is 2.49. The van der Waals surface area contributed by atoms with Crippen molar-refractivity contribution in [1.29, 1.82) is 0 Å². The first-order valence-corrected chi connectivity index (χ1v) is 5.32. The lowest BCUT2D eigenvalue weighted by Gasteiger charge is -2.04. The SMILES string of the molecule is C=C(C)CCNCCC1=CCCC1. The topological polar surface area (TPSA) is 12.0 Å². The molecule has 0 bridgehead atoms. The summed E-state index contributed by atoms with van der Waals surface area (Å²) in [5.41, 5.74) is 2.93. The van der Waals surface area contributed by atoms with Gasteiger partial charge in [-0.25, -0.2) is 0 Å². The van der Waals surface area contributed by atoms with Crippen LogP contribution in [0, 0.1) is 0 Å². The summed E-state index contributed by atoms with van der Waals surface area (Å²) in [5, 5.41) is 3.44. The number of rotatable bonds is 6. The quantitative estimate of drug-likeness (QED) is 0.488. The molecule has 0 unspecified atom stereocenters. The number of allylic oxidation sites excluding steroid dienone is 1. The molecular weight excluding hydrogens is 158 g/mol. The number of hydrogen-bond acceptors (Lipinski definition) is 1. The highest BCUT2D eigenvalue weighted by molar-refractivity contribution is 5.07. The lowest BCUT2D eigenvalue weighted by atomic mass is 10.1. The van der Waals surface area contributed by atoms with E-state index in [-0.39, 0.29) is 0 Å². The molecule has 0 aromatic carbocycles. The highest BCUT2D eigenvalue weighted by Crippen LogP contribution is 2.19. The zero-order chi connectivity index (χ0) is 9.52. The monoisotopic (exact) mass is 179 g/mol. The Morgan fingerprint density at radius 1 is 1.54 bits per heavy atom. The van der Waals surface area contributed by atoms with E-state index in [1.807, 2.05) is 0 Å². The summed E-state index contributed by atoms with van der Waals surface area (Å²) in [4.78, 5) is 0. The van der Waals surface area contributed by atoms with Gasteiger partial charge in [0, 0.05) is 0 Å². The minimum Gasteiger partial charge on any atom is -0.316 e. The van der Waals surface area contributed by atoms with Crippen LogP contribution < -0.4 is 5.32 Å². The molecule has 0 aromatic rings. The zero-order valence-corrected chi connectivity index (χ0v) is 8.73. The van der Waals surface area contributed by atoms with Gasteiger partial charge in [-0.3, -0.25) is 0 Å².